The van der Waals surface area contributed by atoms with Gasteiger partial charge in [0.2, 0.25) is 5.91 Å². The summed E-state index contributed by atoms with van der Waals surface area (Å²) in [5.41, 5.74) is 6.54. The molecule has 114 valence electrons. The van der Waals surface area contributed by atoms with Crippen molar-refractivity contribution in [2.24, 2.45) is 5.73 Å². The number of primary amides is 1. The minimum absolute atomic E-state index is 0.0518. The number of nitrogens with zero attached hydrogens (tertiary/aromatic N) is 1. The van der Waals surface area contributed by atoms with Crippen molar-refractivity contribution in [2.75, 3.05) is 5.32 Å². The van der Waals surface area contributed by atoms with Crippen molar-refractivity contribution >= 4 is 39.9 Å². The molecule has 1 aliphatic heterocycles. The molecule has 0 fully saturated rings. The van der Waals surface area contributed by atoms with Crippen molar-refractivity contribution < 1.29 is 14.3 Å². The number of hydrogen-bond acceptors (Lipinski definition) is 5. The number of thiazole rings is 1. The van der Waals surface area contributed by atoms with Gasteiger partial charge >= 0.3 is 0 Å². The third kappa shape index (κ3) is 3.20. The minimum atomic E-state index is -0.614. The Morgan fingerprint density at radius 3 is 3.09 bits per heavy atom. The largest absolute Gasteiger partial charge is 0.480 e. The van der Waals surface area contributed by atoms with Gasteiger partial charge in [0.15, 0.2) is 11.2 Å². The van der Waals surface area contributed by atoms with Crippen LogP contribution in [-0.4, -0.2) is 22.9 Å². The molecule has 2 amide bonds. The molecular weight excluding hydrogens is 326 g/mol. The number of carbonyl (C=O) groups is 2. The molecule has 0 saturated heterocycles. The highest BCUT2D eigenvalue weighted by molar-refractivity contribution is 7.13. The molecule has 1 aliphatic rings. The quantitative estimate of drug-likeness (QED) is 0.889. The Hall–Kier alpha value is -2.12. The van der Waals surface area contributed by atoms with Gasteiger partial charge in [-0.05, 0) is 23.8 Å². The fourth-order valence-corrected chi connectivity index (χ4v) is 3.08. The molecule has 22 heavy (non-hydrogen) atoms. The first-order valence-electron chi connectivity index (χ1n) is 6.50. The van der Waals surface area contributed by atoms with Crippen LogP contribution in [0.25, 0.3) is 0 Å². The van der Waals surface area contributed by atoms with Gasteiger partial charge < -0.3 is 10.5 Å². The third-order valence-electron chi connectivity index (χ3n) is 3.13. The summed E-state index contributed by atoms with van der Waals surface area (Å²) in [6, 6.07) is 5.26. The SMILES string of the molecule is NC(=O)Cc1csc(NC(=O)[C@H]2Cc3cc(Cl)ccc3O2)n1. The first kappa shape index (κ1) is 14.8. The minimum Gasteiger partial charge on any atom is -0.480 e. The number of nitrogens with two attached hydrogens (primary N) is 1. The zero-order chi connectivity index (χ0) is 15.7. The maximum absolute atomic E-state index is 12.2. The Balaban J connectivity index is 1.64. The van der Waals surface area contributed by atoms with Crippen LogP contribution >= 0.6 is 22.9 Å². The van der Waals surface area contributed by atoms with E-state index in [9.17, 15) is 9.59 Å². The summed E-state index contributed by atoms with van der Waals surface area (Å²) in [4.78, 5) is 27.2. The second-order valence-electron chi connectivity index (χ2n) is 4.84. The van der Waals surface area contributed by atoms with Gasteiger partial charge in [0, 0.05) is 16.8 Å². The summed E-state index contributed by atoms with van der Waals surface area (Å²) in [6.07, 6.45) is -0.103. The number of nitrogens with one attached hydrogen (secondary N) is 1. The molecule has 0 unspecified atom stereocenters. The summed E-state index contributed by atoms with van der Waals surface area (Å²) in [7, 11) is 0. The Labute approximate surface area is 135 Å². The average molecular weight is 338 g/mol. The van der Waals surface area contributed by atoms with Crippen LogP contribution in [0.3, 0.4) is 0 Å². The van der Waals surface area contributed by atoms with E-state index in [1.54, 1.807) is 23.6 Å². The first-order chi connectivity index (χ1) is 10.5. The second-order valence-corrected chi connectivity index (χ2v) is 6.13. The fourth-order valence-electron chi connectivity index (χ4n) is 2.17. The van der Waals surface area contributed by atoms with Crippen LogP contribution < -0.4 is 15.8 Å². The molecule has 3 N–H and O–H groups in total. The lowest BCUT2D eigenvalue weighted by Crippen LogP contribution is -2.31. The molecule has 2 aromatic rings. The van der Waals surface area contributed by atoms with Crippen LogP contribution in [0.15, 0.2) is 23.6 Å². The number of ether oxygens (including phenoxy) is 1. The molecule has 0 radical (unpaired) electrons. The lowest BCUT2D eigenvalue weighted by Gasteiger charge is -2.09. The molecule has 0 aliphatic carbocycles. The highest BCUT2D eigenvalue weighted by Gasteiger charge is 2.29. The molecule has 8 heteroatoms. The van der Waals surface area contributed by atoms with Crippen LogP contribution in [0.2, 0.25) is 5.02 Å². The molecule has 1 aromatic carbocycles. The van der Waals surface area contributed by atoms with E-state index in [2.05, 4.69) is 10.3 Å². The summed E-state index contributed by atoms with van der Waals surface area (Å²) in [5.74, 6) is -0.0833. The molecule has 1 atom stereocenters. The zero-order valence-electron chi connectivity index (χ0n) is 11.3. The van der Waals surface area contributed by atoms with E-state index in [-0.39, 0.29) is 12.3 Å². The number of hydrogen-bond donors (Lipinski definition) is 2. The lowest BCUT2D eigenvalue weighted by atomic mass is 10.1. The number of rotatable bonds is 4. The number of carbonyl (C=O) groups excluding carboxylic acids is 2. The van der Waals surface area contributed by atoms with Crippen molar-refractivity contribution in [3.8, 4) is 5.75 Å². The summed E-state index contributed by atoms with van der Waals surface area (Å²) >= 11 is 7.16. The molecule has 2 heterocycles. The maximum Gasteiger partial charge on any atom is 0.267 e. The third-order valence-corrected chi connectivity index (χ3v) is 4.17. The molecule has 0 bridgehead atoms. The normalized spacial score (nSPS) is 16.0. The number of aromatic nitrogens is 1. The standard InChI is InChI=1S/C14H12ClN3O3S/c15-8-1-2-10-7(3-8)4-11(21-10)13(20)18-14-17-9(6-22-14)5-12(16)19/h1-3,6,11H,4-5H2,(H2,16,19)(H,17,18,20)/t11-/m1/s1. The second kappa shape index (κ2) is 5.94. The molecule has 3 rings (SSSR count). The fraction of sp³-hybridized carbons (Fsp3) is 0.214. The summed E-state index contributed by atoms with van der Waals surface area (Å²) in [6.45, 7) is 0. The number of fused-ring (bicyclic) bond motifs is 1. The Morgan fingerprint density at radius 1 is 1.50 bits per heavy atom. The van der Waals surface area contributed by atoms with Crippen LogP contribution in [0, 0.1) is 0 Å². The van der Waals surface area contributed by atoms with E-state index in [1.807, 2.05) is 0 Å². The van der Waals surface area contributed by atoms with Gasteiger partial charge in [0.1, 0.15) is 5.75 Å². The smallest absolute Gasteiger partial charge is 0.267 e. The topological polar surface area (TPSA) is 94.3 Å². The van der Waals surface area contributed by atoms with Crippen LogP contribution in [0.1, 0.15) is 11.3 Å². The van der Waals surface area contributed by atoms with Gasteiger partial charge in [-0.15, -0.1) is 11.3 Å². The number of anilines is 1. The highest BCUT2D eigenvalue weighted by Crippen LogP contribution is 2.31. The molecule has 0 saturated carbocycles. The van der Waals surface area contributed by atoms with Crippen LogP contribution in [-0.2, 0) is 22.4 Å². The number of halogens is 1. The van der Waals surface area contributed by atoms with Crippen LogP contribution in [0.5, 0.6) is 5.75 Å². The van der Waals surface area contributed by atoms with E-state index in [4.69, 9.17) is 22.1 Å². The molecule has 0 spiro atoms. The van der Waals surface area contributed by atoms with Gasteiger partial charge in [-0.2, -0.15) is 0 Å². The highest BCUT2D eigenvalue weighted by atomic mass is 35.5. The van der Waals surface area contributed by atoms with Crippen molar-refractivity contribution in [1.29, 1.82) is 0 Å². The van der Waals surface area contributed by atoms with E-state index in [0.29, 0.717) is 28.0 Å². The van der Waals surface area contributed by atoms with E-state index in [1.165, 1.54) is 11.3 Å². The molecule has 6 nitrogen and oxygen atoms in total. The van der Waals surface area contributed by atoms with Gasteiger partial charge in [-0.25, -0.2) is 4.98 Å². The summed E-state index contributed by atoms with van der Waals surface area (Å²) < 4.78 is 5.60. The first-order valence-corrected chi connectivity index (χ1v) is 7.75. The van der Waals surface area contributed by atoms with Crippen molar-refractivity contribution in [3.05, 3.63) is 39.9 Å². The predicted octanol–water partition coefficient (Wildman–Crippen LogP) is 1.77. The Bertz CT molecular complexity index is 747. The van der Waals surface area contributed by atoms with Gasteiger partial charge in [0.05, 0.1) is 12.1 Å². The van der Waals surface area contributed by atoms with Crippen molar-refractivity contribution in [1.82, 2.24) is 4.98 Å². The predicted molar refractivity (Wildman–Crippen MR) is 83.2 cm³/mol. The molecule has 1 aromatic heterocycles. The van der Waals surface area contributed by atoms with Crippen molar-refractivity contribution in [2.45, 2.75) is 18.9 Å². The number of amides is 2. The van der Waals surface area contributed by atoms with Gasteiger partial charge in [0.25, 0.3) is 5.91 Å². The van der Waals surface area contributed by atoms with Gasteiger partial charge in [-0.1, -0.05) is 11.6 Å². The monoisotopic (exact) mass is 337 g/mol. The van der Waals surface area contributed by atoms with E-state index in [0.717, 1.165) is 5.56 Å². The maximum atomic E-state index is 12.2. The van der Waals surface area contributed by atoms with E-state index >= 15 is 0 Å². The summed E-state index contributed by atoms with van der Waals surface area (Å²) in [5, 5.41) is 5.40. The zero-order valence-corrected chi connectivity index (χ0v) is 12.9. The Kier molecular flexibility index (Phi) is 4.00. The number of benzene rings is 1. The Morgan fingerprint density at radius 2 is 2.32 bits per heavy atom. The lowest BCUT2D eigenvalue weighted by molar-refractivity contribution is -0.122. The average Bonchev–Trinajstić information content (AvgIpc) is 3.04. The van der Waals surface area contributed by atoms with Crippen LogP contribution in [0.4, 0.5) is 5.13 Å². The van der Waals surface area contributed by atoms with Crippen molar-refractivity contribution in [3.63, 3.8) is 0 Å². The molecular formula is C14H12ClN3O3S. The van der Waals surface area contributed by atoms with Gasteiger partial charge in [-0.3, -0.25) is 14.9 Å². The van der Waals surface area contributed by atoms with E-state index < -0.39 is 12.0 Å².